The van der Waals surface area contributed by atoms with Crippen LogP contribution in [-0.4, -0.2) is 24.5 Å². The van der Waals surface area contributed by atoms with Crippen LogP contribution < -0.4 is 5.73 Å². The fraction of sp³-hybridized carbons (Fsp3) is 0.571. The number of nitrogens with zero attached hydrogens (tertiary/aromatic N) is 1. The molecule has 1 rings (SSSR count). The predicted molar refractivity (Wildman–Crippen MR) is 70.4 cm³/mol. The van der Waals surface area contributed by atoms with Crippen LogP contribution in [0, 0.1) is 0 Å². The number of nitrogens with two attached hydrogens (primary N) is 1. The lowest BCUT2D eigenvalue weighted by atomic mass is 10.0. The Morgan fingerprint density at radius 1 is 1.12 bits per heavy atom. The predicted octanol–water partition coefficient (Wildman–Crippen LogP) is 2.81. The summed E-state index contributed by atoms with van der Waals surface area (Å²) in [4.78, 5) is 2.50. The van der Waals surface area contributed by atoms with Crippen molar-refractivity contribution < 1.29 is 0 Å². The Labute approximate surface area is 99.5 Å². The second-order valence-electron chi connectivity index (χ2n) is 4.16. The molecule has 0 spiro atoms. The summed E-state index contributed by atoms with van der Waals surface area (Å²) in [5, 5.41) is 0. The summed E-state index contributed by atoms with van der Waals surface area (Å²) < 4.78 is 0. The highest BCUT2D eigenvalue weighted by molar-refractivity contribution is 5.18. The lowest BCUT2D eigenvalue weighted by Crippen LogP contribution is -2.33. The van der Waals surface area contributed by atoms with Gasteiger partial charge in [-0.1, -0.05) is 44.2 Å². The van der Waals surface area contributed by atoms with Crippen molar-refractivity contribution in [1.29, 1.82) is 0 Å². The summed E-state index contributed by atoms with van der Waals surface area (Å²) in [6, 6.07) is 11.3. The standard InChI is InChI=1S/C14H24N2/c1-3-11-16(12-10-15)14(4-2)13-8-6-5-7-9-13/h5-9,14H,3-4,10-12,15H2,1-2H3. The monoisotopic (exact) mass is 220 g/mol. The molecule has 0 fully saturated rings. The lowest BCUT2D eigenvalue weighted by molar-refractivity contribution is 0.198. The molecule has 0 aliphatic heterocycles. The van der Waals surface area contributed by atoms with Crippen LogP contribution in [0.5, 0.6) is 0 Å². The summed E-state index contributed by atoms with van der Waals surface area (Å²) >= 11 is 0. The first-order valence-corrected chi connectivity index (χ1v) is 6.32. The minimum Gasteiger partial charge on any atom is -0.329 e. The lowest BCUT2D eigenvalue weighted by Gasteiger charge is -2.30. The highest BCUT2D eigenvalue weighted by Crippen LogP contribution is 2.23. The number of hydrogen-bond donors (Lipinski definition) is 1. The fourth-order valence-corrected chi connectivity index (χ4v) is 2.26. The summed E-state index contributed by atoms with van der Waals surface area (Å²) in [5.74, 6) is 0. The Hall–Kier alpha value is -0.860. The second kappa shape index (κ2) is 7.42. The van der Waals surface area contributed by atoms with E-state index in [1.807, 2.05) is 0 Å². The molecule has 0 radical (unpaired) electrons. The molecule has 1 atom stereocenters. The topological polar surface area (TPSA) is 29.3 Å². The second-order valence-corrected chi connectivity index (χ2v) is 4.16. The van der Waals surface area contributed by atoms with Crippen molar-refractivity contribution in [3.63, 3.8) is 0 Å². The molecule has 1 aromatic rings. The Balaban J connectivity index is 2.77. The van der Waals surface area contributed by atoms with E-state index in [4.69, 9.17) is 5.73 Å². The smallest absolute Gasteiger partial charge is 0.0346 e. The molecule has 90 valence electrons. The third kappa shape index (κ3) is 3.62. The van der Waals surface area contributed by atoms with E-state index in [1.54, 1.807) is 0 Å². The van der Waals surface area contributed by atoms with Crippen LogP contribution in [-0.2, 0) is 0 Å². The molecule has 1 aromatic carbocycles. The van der Waals surface area contributed by atoms with Gasteiger partial charge in [0.05, 0.1) is 0 Å². The molecular weight excluding hydrogens is 196 g/mol. The molecule has 0 aromatic heterocycles. The van der Waals surface area contributed by atoms with Crippen molar-refractivity contribution >= 4 is 0 Å². The van der Waals surface area contributed by atoms with E-state index in [0.29, 0.717) is 6.04 Å². The third-order valence-electron chi connectivity index (χ3n) is 2.94. The third-order valence-corrected chi connectivity index (χ3v) is 2.94. The SMILES string of the molecule is CCCN(CCN)C(CC)c1ccccc1. The Morgan fingerprint density at radius 3 is 2.31 bits per heavy atom. The molecule has 2 heteroatoms. The Morgan fingerprint density at radius 2 is 1.81 bits per heavy atom. The maximum absolute atomic E-state index is 5.69. The van der Waals surface area contributed by atoms with Crippen molar-refractivity contribution in [1.82, 2.24) is 4.90 Å². The zero-order valence-corrected chi connectivity index (χ0v) is 10.5. The van der Waals surface area contributed by atoms with E-state index in [0.717, 1.165) is 26.1 Å². The van der Waals surface area contributed by atoms with E-state index in [2.05, 4.69) is 49.1 Å². The van der Waals surface area contributed by atoms with Crippen LogP contribution in [0.2, 0.25) is 0 Å². The van der Waals surface area contributed by atoms with Gasteiger partial charge < -0.3 is 5.73 Å². The zero-order chi connectivity index (χ0) is 11.8. The molecule has 0 amide bonds. The van der Waals surface area contributed by atoms with Gasteiger partial charge in [-0.25, -0.2) is 0 Å². The number of benzene rings is 1. The summed E-state index contributed by atoms with van der Waals surface area (Å²) in [7, 11) is 0. The van der Waals surface area contributed by atoms with Gasteiger partial charge in [0.2, 0.25) is 0 Å². The quantitative estimate of drug-likeness (QED) is 0.765. The van der Waals surface area contributed by atoms with Gasteiger partial charge in [-0.3, -0.25) is 4.90 Å². The molecule has 0 saturated carbocycles. The molecule has 1 unspecified atom stereocenters. The minimum absolute atomic E-state index is 0.518. The van der Waals surface area contributed by atoms with Gasteiger partial charge in [-0.15, -0.1) is 0 Å². The van der Waals surface area contributed by atoms with Crippen LogP contribution >= 0.6 is 0 Å². The summed E-state index contributed by atoms with van der Waals surface area (Å²) in [6.07, 6.45) is 2.33. The molecule has 0 bridgehead atoms. The Kier molecular flexibility index (Phi) is 6.12. The first kappa shape index (κ1) is 13.2. The maximum atomic E-state index is 5.69. The Bertz CT molecular complexity index is 265. The van der Waals surface area contributed by atoms with Crippen LogP contribution in [0.25, 0.3) is 0 Å². The summed E-state index contributed by atoms with van der Waals surface area (Å²) in [5.41, 5.74) is 7.10. The van der Waals surface area contributed by atoms with E-state index >= 15 is 0 Å². The summed E-state index contributed by atoms with van der Waals surface area (Å²) in [6.45, 7) is 7.33. The normalized spacial score (nSPS) is 13.0. The highest BCUT2D eigenvalue weighted by Gasteiger charge is 2.16. The van der Waals surface area contributed by atoms with Crippen LogP contribution in [0.3, 0.4) is 0 Å². The maximum Gasteiger partial charge on any atom is 0.0346 e. The van der Waals surface area contributed by atoms with Crippen molar-refractivity contribution in [3.05, 3.63) is 35.9 Å². The van der Waals surface area contributed by atoms with E-state index in [9.17, 15) is 0 Å². The van der Waals surface area contributed by atoms with Gasteiger partial charge in [-0.05, 0) is 24.9 Å². The largest absolute Gasteiger partial charge is 0.329 e. The molecule has 0 heterocycles. The van der Waals surface area contributed by atoms with Crippen molar-refractivity contribution in [2.24, 2.45) is 5.73 Å². The van der Waals surface area contributed by atoms with Gasteiger partial charge >= 0.3 is 0 Å². The van der Waals surface area contributed by atoms with Crippen molar-refractivity contribution in [3.8, 4) is 0 Å². The van der Waals surface area contributed by atoms with E-state index in [1.165, 1.54) is 12.0 Å². The number of hydrogen-bond acceptors (Lipinski definition) is 2. The van der Waals surface area contributed by atoms with Gasteiger partial charge in [0.15, 0.2) is 0 Å². The van der Waals surface area contributed by atoms with E-state index in [-0.39, 0.29) is 0 Å². The van der Waals surface area contributed by atoms with Crippen LogP contribution in [0.15, 0.2) is 30.3 Å². The van der Waals surface area contributed by atoms with Crippen LogP contribution in [0.4, 0.5) is 0 Å². The van der Waals surface area contributed by atoms with Crippen molar-refractivity contribution in [2.75, 3.05) is 19.6 Å². The molecule has 0 aliphatic rings. The van der Waals surface area contributed by atoms with Gasteiger partial charge in [-0.2, -0.15) is 0 Å². The van der Waals surface area contributed by atoms with Crippen LogP contribution in [0.1, 0.15) is 38.3 Å². The average molecular weight is 220 g/mol. The first-order chi connectivity index (χ1) is 7.83. The molecule has 16 heavy (non-hydrogen) atoms. The molecule has 0 aliphatic carbocycles. The van der Waals surface area contributed by atoms with Crippen molar-refractivity contribution in [2.45, 2.75) is 32.7 Å². The molecule has 0 saturated heterocycles. The van der Waals surface area contributed by atoms with Gasteiger partial charge in [0.1, 0.15) is 0 Å². The zero-order valence-electron chi connectivity index (χ0n) is 10.5. The fourth-order valence-electron chi connectivity index (χ4n) is 2.26. The van der Waals surface area contributed by atoms with Gasteiger partial charge in [0.25, 0.3) is 0 Å². The molecule has 2 nitrogen and oxygen atoms in total. The number of rotatable bonds is 7. The first-order valence-electron chi connectivity index (χ1n) is 6.32. The average Bonchev–Trinajstić information content (AvgIpc) is 2.32. The minimum atomic E-state index is 0.518. The highest BCUT2D eigenvalue weighted by atomic mass is 15.2. The van der Waals surface area contributed by atoms with Gasteiger partial charge in [0, 0.05) is 19.1 Å². The van der Waals surface area contributed by atoms with E-state index < -0.39 is 0 Å². The molecular formula is C14H24N2. The molecule has 2 N–H and O–H groups in total.